The van der Waals surface area contributed by atoms with Crippen molar-refractivity contribution in [2.45, 2.75) is 31.1 Å². The first-order valence-electron chi connectivity index (χ1n) is 16.5. The molecule has 4 heteroatoms. The second-order valence-corrected chi connectivity index (χ2v) is 13.3. The average Bonchev–Trinajstić information content (AvgIpc) is 3.84. The summed E-state index contributed by atoms with van der Waals surface area (Å²) in [6.07, 6.45) is 15.0. The zero-order valence-corrected chi connectivity index (χ0v) is 26.1. The van der Waals surface area contributed by atoms with Crippen molar-refractivity contribution < 1.29 is 0 Å². The number of nitrogens with zero attached hydrogens (tertiary/aromatic N) is 4. The van der Waals surface area contributed by atoms with Crippen LogP contribution in [0.1, 0.15) is 59.5 Å². The van der Waals surface area contributed by atoms with Crippen molar-refractivity contribution in [1.29, 1.82) is 0 Å². The fraction of sp³-hybridized carbons (Fsp3) is 0.140. The molecule has 1 saturated carbocycles. The molecular formula is C43H32N4. The summed E-state index contributed by atoms with van der Waals surface area (Å²) in [7, 11) is 0. The topological polar surface area (TPSA) is 43.6 Å². The highest BCUT2D eigenvalue weighted by atomic mass is 15.2. The van der Waals surface area contributed by atoms with Gasteiger partial charge >= 0.3 is 0 Å². The van der Waals surface area contributed by atoms with Crippen molar-refractivity contribution >= 4 is 28.1 Å². The lowest BCUT2D eigenvalue weighted by Crippen LogP contribution is -2.32. The van der Waals surface area contributed by atoms with Crippen molar-refractivity contribution in [2.24, 2.45) is 5.41 Å². The van der Waals surface area contributed by atoms with E-state index in [4.69, 9.17) is 15.0 Å². The van der Waals surface area contributed by atoms with Crippen molar-refractivity contribution in [2.75, 3.05) is 0 Å². The van der Waals surface area contributed by atoms with Gasteiger partial charge in [-0.2, -0.15) is 9.97 Å². The Hall–Kier alpha value is -5.61. The van der Waals surface area contributed by atoms with Crippen LogP contribution in [-0.2, 0) is 5.41 Å². The quantitative estimate of drug-likeness (QED) is 0.201. The van der Waals surface area contributed by atoms with Crippen LogP contribution in [0.5, 0.6) is 0 Å². The Morgan fingerprint density at radius 2 is 1.49 bits per heavy atom. The number of benzene rings is 4. The van der Waals surface area contributed by atoms with Crippen LogP contribution >= 0.6 is 0 Å². The third kappa shape index (κ3) is 3.56. The zero-order valence-electron chi connectivity index (χ0n) is 26.1. The fourth-order valence-electron chi connectivity index (χ4n) is 8.96. The smallest absolute Gasteiger partial charge is 0.238 e. The van der Waals surface area contributed by atoms with E-state index in [0.717, 1.165) is 29.5 Å². The van der Waals surface area contributed by atoms with E-state index in [1.54, 1.807) is 0 Å². The summed E-state index contributed by atoms with van der Waals surface area (Å²) in [5.74, 6) is 2.40. The van der Waals surface area contributed by atoms with Crippen LogP contribution in [-0.4, -0.2) is 19.5 Å². The van der Waals surface area contributed by atoms with Gasteiger partial charge in [-0.3, -0.25) is 4.57 Å². The monoisotopic (exact) mass is 604 g/mol. The lowest BCUT2D eigenvalue weighted by Gasteiger charge is -2.37. The van der Waals surface area contributed by atoms with Crippen LogP contribution in [0, 0.1) is 5.41 Å². The van der Waals surface area contributed by atoms with E-state index >= 15 is 0 Å². The molecule has 6 aromatic rings. The Morgan fingerprint density at radius 3 is 2.36 bits per heavy atom. The highest BCUT2D eigenvalue weighted by Crippen LogP contribution is 2.82. The molecule has 3 unspecified atom stereocenters. The minimum Gasteiger partial charge on any atom is -0.278 e. The number of para-hydroxylation sites is 1. The van der Waals surface area contributed by atoms with Gasteiger partial charge in [-0.25, -0.2) is 4.98 Å². The second kappa shape index (κ2) is 9.70. The van der Waals surface area contributed by atoms with Crippen molar-refractivity contribution in [1.82, 2.24) is 19.5 Å². The molecule has 4 aliphatic carbocycles. The third-order valence-corrected chi connectivity index (χ3v) is 11.1. The van der Waals surface area contributed by atoms with E-state index in [1.165, 1.54) is 38.9 Å². The van der Waals surface area contributed by atoms with E-state index in [-0.39, 0.29) is 10.8 Å². The number of aromatic nitrogens is 4. The van der Waals surface area contributed by atoms with Gasteiger partial charge in [0.25, 0.3) is 0 Å². The van der Waals surface area contributed by atoms with Gasteiger partial charge in [-0.1, -0.05) is 140 Å². The summed E-state index contributed by atoms with van der Waals surface area (Å²) in [5, 5.41) is 1.28. The maximum Gasteiger partial charge on any atom is 0.238 e. The molecule has 1 fully saturated rings. The summed E-state index contributed by atoms with van der Waals surface area (Å²) in [6, 6.07) is 39.3. The van der Waals surface area contributed by atoms with E-state index in [1.807, 2.05) is 18.2 Å². The lowest BCUT2D eigenvalue weighted by atomic mass is 9.65. The first kappa shape index (κ1) is 26.6. The third-order valence-electron chi connectivity index (χ3n) is 11.1. The maximum absolute atomic E-state index is 5.23. The Labute approximate surface area is 274 Å². The van der Waals surface area contributed by atoms with Gasteiger partial charge in [0, 0.05) is 27.4 Å². The average molecular weight is 605 g/mol. The molecule has 47 heavy (non-hydrogen) atoms. The van der Waals surface area contributed by atoms with Crippen LogP contribution in [0.2, 0.25) is 0 Å². The van der Waals surface area contributed by atoms with Crippen LogP contribution in [0.25, 0.3) is 45.5 Å². The number of rotatable bonds is 4. The largest absolute Gasteiger partial charge is 0.278 e. The summed E-state index contributed by atoms with van der Waals surface area (Å²) >= 11 is 0. The molecule has 0 radical (unpaired) electrons. The molecular weight excluding hydrogens is 573 g/mol. The van der Waals surface area contributed by atoms with Gasteiger partial charge < -0.3 is 0 Å². The van der Waals surface area contributed by atoms with Crippen molar-refractivity contribution in [3.63, 3.8) is 0 Å². The zero-order chi connectivity index (χ0) is 31.2. The predicted molar refractivity (Wildman–Crippen MR) is 190 cm³/mol. The molecule has 2 heterocycles. The van der Waals surface area contributed by atoms with Gasteiger partial charge in [0.05, 0.1) is 11.2 Å². The Kier molecular flexibility index (Phi) is 5.49. The minimum atomic E-state index is -0.130. The molecule has 0 aliphatic heterocycles. The van der Waals surface area contributed by atoms with E-state index in [2.05, 4.69) is 139 Å². The van der Waals surface area contributed by atoms with Gasteiger partial charge in [0.1, 0.15) is 0 Å². The van der Waals surface area contributed by atoms with Crippen LogP contribution in [0.15, 0.2) is 140 Å². The second-order valence-electron chi connectivity index (χ2n) is 13.3. The first-order valence-corrected chi connectivity index (χ1v) is 16.5. The molecule has 0 N–H and O–H groups in total. The molecule has 10 rings (SSSR count). The van der Waals surface area contributed by atoms with Crippen molar-refractivity contribution in [3.05, 3.63) is 173 Å². The summed E-state index contributed by atoms with van der Waals surface area (Å²) in [5.41, 5.74) is 11.2. The van der Waals surface area contributed by atoms with Crippen LogP contribution in [0.3, 0.4) is 0 Å². The molecule has 0 saturated heterocycles. The van der Waals surface area contributed by atoms with Crippen LogP contribution in [0.4, 0.5) is 0 Å². The van der Waals surface area contributed by atoms with Gasteiger partial charge in [-0.05, 0) is 58.7 Å². The SMILES string of the molecule is CC1(c2ccccc2)c2ccccc2C2=Cc3c(c4ccccc4n3-c3nc(C4=CCC=CC=C4)nc(-c4ccccc4)n3)C3CC231. The summed E-state index contributed by atoms with van der Waals surface area (Å²) in [4.78, 5) is 15.5. The Morgan fingerprint density at radius 1 is 0.745 bits per heavy atom. The highest BCUT2D eigenvalue weighted by Gasteiger charge is 2.73. The number of allylic oxidation sites excluding steroid dienone is 7. The van der Waals surface area contributed by atoms with Gasteiger partial charge in [-0.15, -0.1) is 0 Å². The molecule has 0 amide bonds. The molecule has 0 bridgehead atoms. The summed E-state index contributed by atoms with van der Waals surface area (Å²) in [6.45, 7) is 2.49. The van der Waals surface area contributed by atoms with Crippen LogP contribution < -0.4 is 0 Å². The van der Waals surface area contributed by atoms with Crippen molar-refractivity contribution in [3.8, 4) is 17.3 Å². The Bertz CT molecular complexity index is 2380. The van der Waals surface area contributed by atoms with E-state index < -0.39 is 0 Å². The normalized spacial score (nSPS) is 23.3. The first-order chi connectivity index (χ1) is 23.2. The minimum absolute atomic E-state index is 0.00239. The lowest BCUT2D eigenvalue weighted by molar-refractivity contribution is 0.417. The highest BCUT2D eigenvalue weighted by molar-refractivity contribution is 6.03. The fourth-order valence-corrected chi connectivity index (χ4v) is 8.96. The standard InChI is InChI=1S/C43H32N4/c1-42(30-20-10-5-11-21-30)33-24-14-12-22-31(33)34-26-37-38(35-27-43(34,35)42)32-23-13-15-25-36(32)47(37)41-45-39(28-16-6-2-3-7-17-28)44-40(46-41)29-18-8-4-9-19-29/h2-6,8-26,35H,7,27H2,1H3. The molecule has 4 aromatic carbocycles. The molecule has 3 atom stereocenters. The number of hydrogen-bond acceptors (Lipinski definition) is 3. The van der Waals surface area contributed by atoms with E-state index in [9.17, 15) is 0 Å². The molecule has 4 nitrogen and oxygen atoms in total. The Balaban J connectivity index is 1.25. The maximum atomic E-state index is 5.23. The number of fused-ring (bicyclic) bond motifs is 6. The number of hydrogen-bond donors (Lipinski definition) is 0. The van der Waals surface area contributed by atoms with E-state index in [0.29, 0.717) is 23.5 Å². The molecule has 1 spiro atoms. The van der Waals surface area contributed by atoms with Gasteiger partial charge in [0.2, 0.25) is 5.95 Å². The van der Waals surface area contributed by atoms with Gasteiger partial charge in [0.15, 0.2) is 11.6 Å². The molecule has 2 aromatic heterocycles. The predicted octanol–water partition coefficient (Wildman–Crippen LogP) is 9.73. The molecule has 224 valence electrons. The molecule has 4 aliphatic rings. The summed E-state index contributed by atoms with van der Waals surface area (Å²) < 4.78 is 2.30.